The largest absolute Gasteiger partial charge is 0.409 e. The minimum atomic E-state index is -0.444. The summed E-state index contributed by atoms with van der Waals surface area (Å²) in [6.07, 6.45) is 3.41. The van der Waals surface area contributed by atoms with Gasteiger partial charge in [-0.25, -0.2) is 4.39 Å². The van der Waals surface area contributed by atoms with Crippen LogP contribution in [0.15, 0.2) is 40.2 Å². The molecule has 2 aromatic rings. The van der Waals surface area contributed by atoms with Crippen LogP contribution in [0.1, 0.15) is 11.1 Å². The Morgan fingerprint density at radius 2 is 2.28 bits per heavy atom. The van der Waals surface area contributed by atoms with E-state index in [9.17, 15) is 4.39 Å². The summed E-state index contributed by atoms with van der Waals surface area (Å²) < 4.78 is 15.9. The van der Waals surface area contributed by atoms with Crippen LogP contribution in [0.4, 0.5) is 4.39 Å². The van der Waals surface area contributed by atoms with Crippen LogP contribution in [-0.2, 0) is 6.54 Å². The average Bonchev–Trinajstić information content (AvgIpc) is 2.73. The zero-order valence-corrected chi connectivity index (χ0v) is 10.8. The van der Waals surface area contributed by atoms with Gasteiger partial charge in [-0.05, 0) is 39.7 Å². The van der Waals surface area contributed by atoms with E-state index in [0.29, 0.717) is 17.7 Å². The molecule has 0 unspecified atom stereocenters. The molecule has 0 bridgehead atoms. The smallest absolute Gasteiger partial charge is 0.170 e. The topological polar surface area (TPSA) is 76.4 Å². The van der Waals surface area contributed by atoms with Crippen LogP contribution in [0, 0.1) is 5.82 Å². The molecule has 2 rings (SSSR count). The summed E-state index contributed by atoms with van der Waals surface area (Å²) in [5, 5.41) is 15.5. The molecule has 94 valence electrons. The molecular weight excluding hydrogens is 303 g/mol. The molecule has 0 amide bonds. The maximum atomic E-state index is 13.4. The zero-order valence-electron chi connectivity index (χ0n) is 9.22. The molecule has 7 heteroatoms. The van der Waals surface area contributed by atoms with Crippen LogP contribution in [0.25, 0.3) is 0 Å². The number of nitrogens with two attached hydrogens (primary N) is 1. The fraction of sp³-hybridized carbons (Fsp3) is 0.0909. The van der Waals surface area contributed by atoms with Crippen LogP contribution in [0.5, 0.6) is 0 Å². The maximum Gasteiger partial charge on any atom is 0.170 e. The van der Waals surface area contributed by atoms with Gasteiger partial charge in [-0.3, -0.25) is 4.68 Å². The third kappa shape index (κ3) is 2.86. The Morgan fingerprint density at radius 3 is 2.89 bits per heavy atom. The molecule has 3 N–H and O–H groups in total. The Kier molecular flexibility index (Phi) is 3.61. The summed E-state index contributed by atoms with van der Waals surface area (Å²) in [4.78, 5) is 0. The molecular formula is C11H10BrFN4O. The Balaban J connectivity index is 2.31. The number of amidine groups is 1. The van der Waals surface area contributed by atoms with Gasteiger partial charge < -0.3 is 10.9 Å². The lowest BCUT2D eigenvalue weighted by Crippen LogP contribution is -2.14. The molecule has 0 atom stereocenters. The van der Waals surface area contributed by atoms with Crippen molar-refractivity contribution in [2.75, 3.05) is 0 Å². The highest BCUT2D eigenvalue weighted by molar-refractivity contribution is 9.10. The van der Waals surface area contributed by atoms with E-state index in [1.54, 1.807) is 23.1 Å². The molecule has 18 heavy (non-hydrogen) atoms. The second-order valence-corrected chi connectivity index (χ2v) is 4.61. The molecule has 0 spiro atoms. The van der Waals surface area contributed by atoms with Gasteiger partial charge in [-0.2, -0.15) is 5.10 Å². The van der Waals surface area contributed by atoms with E-state index in [1.165, 1.54) is 12.1 Å². The van der Waals surface area contributed by atoms with E-state index in [2.05, 4.69) is 26.2 Å². The number of nitrogens with zero attached hydrogens (tertiary/aromatic N) is 3. The molecule has 0 saturated carbocycles. The van der Waals surface area contributed by atoms with Gasteiger partial charge in [0.05, 0.1) is 17.2 Å². The monoisotopic (exact) mass is 312 g/mol. The first-order chi connectivity index (χ1) is 8.58. The lowest BCUT2D eigenvalue weighted by molar-refractivity contribution is 0.318. The van der Waals surface area contributed by atoms with Gasteiger partial charge in [0.1, 0.15) is 5.82 Å². The first kappa shape index (κ1) is 12.6. The summed E-state index contributed by atoms with van der Waals surface area (Å²) in [5.74, 6) is -0.572. The molecule has 0 radical (unpaired) electrons. The summed E-state index contributed by atoms with van der Waals surface area (Å²) in [6.45, 7) is 0.398. The number of benzene rings is 1. The molecule has 0 fully saturated rings. The molecule has 1 aromatic carbocycles. The standard InChI is InChI=1S/C11H10BrFN4O/c12-9-4-15-17(6-9)5-7-1-8(11(14)16-18)3-10(13)2-7/h1-4,6,18H,5H2,(H2,14,16). The van der Waals surface area contributed by atoms with Gasteiger partial charge in [0.2, 0.25) is 0 Å². The van der Waals surface area contributed by atoms with Gasteiger partial charge in [-0.1, -0.05) is 5.16 Å². The van der Waals surface area contributed by atoms with Crippen LogP contribution in [0.2, 0.25) is 0 Å². The molecule has 1 heterocycles. The van der Waals surface area contributed by atoms with Crippen molar-refractivity contribution < 1.29 is 9.60 Å². The summed E-state index contributed by atoms with van der Waals surface area (Å²) in [5.41, 5.74) is 6.44. The molecule has 0 aliphatic rings. The van der Waals surface area contributed by atoms with Crippen molar-refractivity contribution in [1.29, 1.82) is 0 Å². The van der Waals surface area contributed by atoms with Crippen molar-refractivity contribution in [3.05, 3.63) is 52.0 Å². The van der Waals surface area contributed by atoms with Crippen molar-refractivity contribution >= 4 is 21.8 Å². The van der Waals surface area contributed by atoms with Gasteiger partial charge in [0.25, 0.3) is 0 Å². The SMILES string of the molecule is N/C(=N/O)c1cc(F)cc(Cn2cc(Br)cn2)c1. The Bertz CT molecular complexity index is 596. The average molecular weight is 313 g/mol. The van der Waals surface area contributed by atoms with Crippen molar-refractivity contribution in [2.45, 2.75) is 6.54 Å². The summed E-state index contributed by atoms with van der Waals surface area (Å²) in [7, 11) is 0. The second kappa shape index (κ2) is 5.18. The van der Waals surface area contributed by atoms with Crippen molar-refractivity contribution in [3.63, 3.8) is 0 Å². The quantitative estimate of drug-likeness (QED) is 0.393. The second-order valence-electron chi connectivity index (χ2n) is 3.69. The third-order valence-electron chi connectivity index (χ3n) is 2.31. The Morgan fingerprint density at radius 1 is 1.50 bits per heavy atom. The number of hydrogen-bond acceptors (Lipinski definition) is 3. The van der Waals surface area contributed by atoms with Gasteiger partial charge in [0, 0.05) is 11.8 Å². The first-order valence-corrected chi connectivity index (χ1v) is 5.83. The lowest BCUT2D eigenvalue weighted by Gasteiger charge is -2.05. The number of halogens is 2. The van der Waals surface area contributed by atoms with E-state index in [1.807, 2.05) is 0 Å². The van der Waals surface area contributed by atoms with E-state index in [0.717, 1.165) is 4.47 Å². The maximum absolute atomic E-state index is 13.4. The predicted octanol–water partition coefficient (Wildman–Crippen LogP) is 1.93. The minimum Gasteiger partial charge on any atom is -0.409 e. The van der Waals surface area contributed by atoms with Crippen molar-refractivity contribution in [3.8, 4) is 0 Å². The highest BCUT2D eigenvalue weighted by Gasteiger charge is 2.06. The van der Waals surface area contributed by atoms with Crippen LogP contribution in [0.3, 0.4) is 0 Å². The normalized spacial score (nSPS) is 11.8. The highest BCUT2D eigenvalue weighted by atomic mass is 79.9. The van der Waals surface area contributed by atoms with Gasteiger partial charge in [0.15, 0.2) is 5.84 Å². The Hall–Kier alpha value is -1.89. The van der Waals surface area contributed by atoms with Gasteiger partial charge in [-0.15, -0.1) is 0 Å². The van der Waals surface area contributed by atoms with Crippen LogP contribution in [-0.4, -0.2) is 20.8 Å². The van der Waals surface area contributed by atoms with Crippen molar-refractivity contribution in [1.82, 2.24) is 9.78 Å². The molecule has 0 aliphatic heterocycles. The fourth-order valence-electron chi connectivity index (χ4n) is 1.56. The Labute approximate surface area is 111 Å². The minimum absolute atomic E-state index is 0.127. The van der Waals surface area contributed by atoms with E-state index in [4.69, 9.17) is 10.9 Å². The van der Waals surface area contributed by atoms with Crippen LogP contribution >= 0.6 is 15.9 Å². The summed E-state index contributed by atoms with van der Waals surface area (Å²) >= 11 is 3.28. The first-order valence-electron chi connectivity index (χ1n) is 5.04. The third-order valence-corrected chi connectivity index (χ3v) is 2.72. The lowest BCUT2D eigenvalue weighted by atomic mass is 10.1. The van der Waals surface area contributed by atoms with E-state index < -0.39 is 5.82 Å². The fourth-order valence-corrected chi connectivity index (χ4v) is 1.89. The molecule has 0 aliphatic carbocycles. The molecule has 0 saturated heterocycles. The number of aromatic nitrogens is 2. The molecule has 1 aromatic heterocycles. The van der Waals surface area contributed by atoms with E-state index >= 15 is 0 Å². The number of hydrogen-bond donors (Lipinski definition) is 2. The predicted molar refractivity (Wildman–Crippen MR) is 67.9 cm³/mol. The van der Waals surface area contributed by atoms with Crippen LogP contribution < -0.4 is 5.73 Å². The number of oxime groups is 1. The highest BCUT2D eigenvalue weighted by Crippen LogP contribution is 2.12. The zero-order chi connectivity index (χ0) is 13.1. The van der Waals surface area contributed by atoms with Crippen molar-refractivity contribution in [2.24, 2.45) is 10.9 Å². The molecule has 5 nitrogen and oxygen atoms in total. The summed E-state index contributed by atoms with van der Waals surface area (Å²) in [6, 6.07) is 4.23. The number of rotatable bonds is 3. The van der Waals surface area contributed by atoms with Gasteiger partial charge >= 0.3 is 0 Å². The van der Waals surface area contributed by atoms with E-state index in [-0.39, 0.29) is 5.84 Å².